The molecule has 0 N–H and O–H groups in total. The van der Waals surface area contributed by atoms with Gasteiger partial charge in [-0.1, -0.05) is 32.9 Å². The van der Waals surface area contributed by atoms with E-state index in [0.717, 1.165) is 25.4 Å². The lowest BCUT2D eigenvalue weighted by molar-refractivity contribution is -0.149. The summed E-state index contributed by atoms with van der Waals surface area (Å²) in [6.45, 7) is 8.59. The van der Waals surface area contributed by atoms with Crippen LogP contribution in [0.15, 0.2) is 25.7 Å². The van der Waals surface area contributed by atoms with Gasteiger partial charge in [0.2, 0.25) is 0 Å². The molecule has 0 amide bonds. The number of esters is 2. The molecule has 0 aliphatic rings. The highest BCUT2D eigenvalue weighted by molar-refractivity contribution is 5.80. The van der Waals surface area contributed by atoms with Crippen molar-refractivity contribution in [3.8, 4) is 0 Å². The molecule has 0 aromatic rings. The van der Waals surface area contributed by atoms with Crippen LogP contribution in [0.1, 0.15) is 32.6 Å². The molecule has 16 heavy (non-hydrogen) atoms. The van der Waals surface area contributed by atoms with Crippen LogP contribution in [-0.4, -0.2) is 11.9 Å². The normalized spacial score (nSPS) is 11.3. The van der Waals surface area contributed by atoms with Gasteiger partial charge in [0.1, 0.15) is 0 Å². The van der Waals surface area contributed by atoms with Crippen molar-refractivity contribution in [1.82, 2.24) is 0 Å². The minimum absolute atomic E-state index is 0.0126. The Morgan fingerprint density at radius 3 is 2.38 bits per heavy atom. The topological polar surface area (TPSA) is 52.6 Å². The van der Waals surface area contributed by atoms with Gasteiger partial charge in [-0.2, -0.15) is 0 Å². The Morgan fingerprint density at radius 2 is 1.88 bits per heavy atom. The van der Waals surface area contributed by atoms with Crippen LogP contribution in [0.2, 0.25) is 0 Å². The van der Waals surface area contributed by atoms with Crippen molar-refractivity contribution in [2.24, 2.45) is 5.92 Å². The number of hydrogen-bond acceptors (Lipinski definition) is 4. The van der Waals surface area contributed by atoms with E-state index < -0.39 is 17.9 Å². The molecule has 0 fully saturated rings. The van der Waals surface area contributed by atoms with Crippen LogP contribution >= 0.6 is 0 Å². The van der Waals surface area contributed by atoms with Crippen LogP contribution in [-0.2, 0) is 19.1 Å². The molecular weight excluding hydrogens is 208 g/mol. The van der Waals surface area contributed by atoms with Crippen LogP contribution in [0.3, 0.4) is 0 Å². The van der Waals surface area contributed by atoms with E-state index >= 15 is 0 Å². The molecule has 0 aromatic heterocycles. The van der Waals surface area contributed by atoms with E-state index in [2.05, 4.69) is 22.6 Å². The molecular formula is C12H18O4. The second-order valence-corrected chi connectivity index (χ2v) is 3.30. The Hall–Kier alpha value is -1.58. The lowest BCUT2D eigenvalue weighted by Gasteiger charge is -2.12. The van der Waals surface area contributed by atoms with Crippen LogP contribution < -0.4 is 0 Å². The van der Waals surface area contributed by atoms with Gasteiger partial charge < -0.3 is 9.47 Å². The molecule has 0 rings (SSSR count). The molecule has 0 saturated carbocycles. The second kappa shape index (κ2) is 8.71. The Labute approximate surface area is 95.9 Å². The lowest BCUT2D eigenvalue weighted by Crippen LogP contribution is -2.20. The predicted molar refractivity (Wildman–Crippen MR) is 60.2 cm³/mol. The van der Waals surface area contributed by atoms with Crippen LogP contribution in [0, 0.1) is 5.92 Å². The van der Waals surface area contributed by atoms with Crippen molar-refractivity contribution in [3.05, 3.63) is 25.7 Å². The monoisotopic (exact) mass is 226 g/mol. The summed E-state index contributed by atoms with van der Waals surface area (Å²) in [7, 11) is 0. The standard InChI is InChI=1S/C12H18O4/c1-4-7-8-10(12(14)16-6-3)9-11(13)15-5-2/h5-6,10H,2-4,7-9H2,1H3. The zero-order chi connectivity index (χ0) is 12.4. The third-order valence-electron chi connectivity index (χ3n) is 2.07. The fraction of sp³-hybridized carbons (Fsp3) is 0.500. The zero-order valence-electron chi connectivity index (χ0n) is 9.61. The van der Waals surface area contributed by atoms with Gasteiger partial charge >= 0.3 is 11.9 Å². The highest BCUT2D eigenvalue weighted by Gasteiger charge is 2.22. The number of hydrogen-bond donors (Lipinski definition) is 0. The lowest BCUT2D eigenvalue weighted by atomic mass is 9.99. The van der Waals surface area contributed by atoms with Gasteiger partial charge in [0.25, 0.3) is 0 Å². The summed E-state index contributed by atoms with van der Waals surface area (Å²) in [6, 6.07) is 0. The second-order valence-electron chi connectivity index (χ2n) is 3.30. The maximum atomic E-state index is 11.5. The van der Waals surface area contributed by atoms with Crippen molar-refractivity contribution in [1.29, 1.82) is 0 Å². The van der Waals surface area contributed by atoms with Gasteiger partial charge in [-0.25, -0.2) is 0 Å². The summed E-state index contributed by atoms with van der Waals surface area (Å²) in [5, 5.41) is 0. The molecule has 1 atom stereocenters. The minimum atomic E-state index is -0.475. The number of rotatable bonds is 8. The van der Waals surface area contributed by atoms with Gasteiger partial charge in [0, 0.05) is 0 Å². The number of carbonyl (C=O) groups excluding carboxylic acids is 2. The van der Waals surface area contributed by atoms with Crippen LogP contribution in [0.25, 0.3) is 0 Å². The maximum absolute atomic E-state index is 11.5. The van der Waals surface area contributed by atoms with Gasteiger partial charge in [0.15, 0.2) is 0 Å². The first kappa shape index (κ1) is 14.4. The molecule has 0 aliphatic carbocycles. The average molecular weight is 226 g/mol. The van der Waals surface area contributed by atoms with Crippen molar-refractivity contribution in [3.63, 3.8) is 0 Å². The van der Waals surface area contributed by atoms with Crippen LogP contribution in [0.5, 0.6) is 0 Å². The molecule has 4 heteroatoms. The van der Waals surface area contributed by atoms with E-state index in [9.17, 15) is 9.59 Å². The summed E-state index contributed by atoms with van der Waals surface area (Å²) in [6.07, 6.45) is 4.55. The SMILES string of the molecule is C=COC(=O)CC(CCCC)C(=O)OC=C. The summed E-state index contributed by atoms with van der Waals surface area (Å²) >= 11 is 0. The van der Waals surface area contributed by atoms with Gasteiger partial charge in [-0.15, -0.1) is 0 Å². The summed E-state index contributed by atoms with van der Waals surface area (Å²) < 4.78 is 9.24. The molecule has 0 spiro atoms. The maximum Gasteiger partial charge on any atom is 0.314 e. The average Bonchev–Trinajstić information content (AvgIpc) is 2.24. The minimum Gasteiger partial charge on any atom is -0.435 e. The zero-order valence-corrected chi connectivity index (χ0v) is 9.61. The predicted octanol–water partition coefficient (Wildman–Crippen LogP) is 2.56. The molecule has 4 nitrogen and oxygen atoms in total. The van der Waals surface area contributed by atoms with Crippen molar-refractivity contribution in [2.75, 3.05) is 0 Å². The van der Waals surface area contributed by atoms with Crippen molar-refractivity contribution < 1.29 is 19.1 Å². The van der Waals surface area contributed by atoms with E-state index in [4.69, 9.17) is 0 Å². The Bertz CT molecular complexity index is 258. The fourth-order valence-electron chi connectivity index (χ4n) is 1.27. The van der Waals surface area contributed by atoms with E-state index in [1.165, 1.54) is 0 Å². The van der Waals surface area contributed by atoms with Crippen molar-refractivity contribution >= 4 is 11.9 Å². The Balaban J connectivity index is 4.28. The molecule has 0 radical (unpaired) electrons. The highest BCUT2D eigenvalue weighted by atomic mass is 16.5. The van der Waals surface area contributed by atoms with Gasteiger partial charge in [0.05, 0.1) is 24.9 Å². The van der Waals surface area contributed by atoms with E-state index in [0.29, 0.717) is 6.42 Å². The van der Waals surface area contributed by atoms with E-state index in [1.807, 2.05) is 6.92 Å². The number of unbranched alkanes of at least 4 members (excludes halogenated alkanes) is 1. The van der Waals surface area contributed by atoms with E-state index in [1.54, 1.807) is 0 Å². The smallest absolute Gasteiger partial charge is 0.314 e. The van der Waals surface area contributed by atoms with Gasteiger partial charge in [-0.3, -0.25) is 9.59 Å². The third kappa shape index (κ3) is 6.01. The molecule has 0 heterocycles. The van der Waals surface area contributed by atoms with E-state index in [-0.39, 0.29) is 6.42 Å². The molecule has 0 aromatic carbocycles. The quantitative estimate of drug-likeness (QED) is 0.471. The molecule has 1 unspecified atom stereocenters. The first-order chi connectivity index (χ1) is 7.65. The van der Waals surface area contributed by atoms with Crippen molar-refractivity contribution in [2.45, 2.75) is 32.6 Å². The Kier molecular flexibility index (Phi) is 7.85. The number of carbonyl (C=O) groups is 2. The summed E-state index contributed by atoms with van der Waals surface area (Å²) in [5.41, 5.74) is 0. The first-order valence-corrected chi connectivity index (χ1v) is 5.27. The number of ether oxygens (including phenoxy) is 2. The summed E-state index contributed by atoms with van der Waals surface area (Å²) in [4.78, 5) is 22.7. The summed E-state index contributed by atoms with van der Waals surface area (Å²) in [5.74, 6) is -1.38. The van der Waals surface area contributed by atoms with Gasteiger partial charge in [-0.05, 0) is 6.42 Å². The first-order valence-electron chi connectivity index (χ1n) is 5.27. The highest BCUT2D eigenvalue weighted by Crippen LogP contribution is 2.16. The molecule has 0 saturated heterocycles. The molecule has 90 valence electrons. The third-order valence-corrected chi connectivity index (χ3v) is 2.07. The fourth-order valence-corrected chi connectivity index (χ4v) is 1.27. The molecule has 0 bridgehead atoms. The Morgan fingerprint density at radius 1 is 1.25 bits per heavy atom. The van der Waals surface area contributed by atoms with Crippen LogP contribution in [0.4, 0.5) is 0 Å². The largest absolute Gasteiger partial charge is 0.435 e. The molecule has 0 aliphatic heterocycles.